The van der Waals surface area contributed by atoms with Crippen molar-refractivity contribution in [3.05, 3.63) is 24.3 Å². The van der Waals surface area contributed by atoms with Crippen LogP contribution in [0, 0.1) is 0 Å². The zero-order valence-corrected chi connectivity index (χ0v) is 8.53. The molecule has 5 N–H and O–H groups in total. The first kappa shape index (κ1) is 11.3. The minimum Gasteiger partial charge on any atom is -0.399 e. The van der Waals surface area contributed by atoms with Gasteiger partial charge < -0.3 is 21.5 Å². The van der Waals surface area contributed by atoms with Crippen molar-refractivity contribution in [2.75, 3.05) is 17.6 Å². The van der Waals surface area contributed by atoms with Gasteiger partial charge in [0.2, 0.25) is 0 Å². The minimum atomic E-state index is -0.559. The van der Waals surface area contributed by atoms with Gasteiger partial charge >= 0.3 is 6.03 Å². The van der Waals surface area contributed by atoms with Crippen LogP contribution in [0.3, 0.4) is 0 Å². The molecular weight excluding hydrogens is 194 g/mol. The summed E-state index contributed by atoms with van der Waals surface area (Å²) in [5.74, 6) is 0. The van der Waals surface area contributed by atoms with E-state index in [-0.39, 0.29) is 12.6 Å². The van der Waals surface area contributed by atoms with Crippen LogP contribution >= 0.6 is 0 Å². The summed E-state index contributed by atoms with van der Waals surface area (Å²) in [6.45, 7) is 1.81. The lowest BCUT2D eigenvalue weighted by atomic mass is 10.3. The summed E-state index contributed by atoms with van der Waals surface area (Å²) in [7, 11) is 0. The van der Waals surface area contributed by atoms with Crippen LogP contribution in [-0.4, -0.2) is 23.8 Å². The smallest absolute Gasteiger partial charge is 0.319 e. The highest BCUT2D eigenvalue weighted by Gasteiger charge is 2.02. The molecule has 1 atom stereocenters. The molecule has 5 heteroatoms. The monoisotopic (exact) mass is 209 g/mol. The maximum absolute atomic E-state index is 11.3. The van der Waals surface area contributed by atoms with Crippen molar-refractivity contribution in [3.63, 3.8) is 0 Å². The van der Waals surface area contributed by atoms with E-state index in [0.29, 0.717) is 11.4 Å². The van der Waals surface area contributed by atoms with E-state index in [2.05, 4.69) is 10.6 Å². The molecule has 0 aliphatic rings. The van der Waals surface area contributed by atoms with Crippen molar-refractivity contribution in [2.24, 2.45) is 0 Å². The predicted molar refractivity (Wildman–Crippen MR) is 59.6 cm³/mol. The molecule has 0 saturated carbocycles. The van der Waals surface area contributed by atoms with E-state index in [9.17, 15) is 4.79 Å². The average Bonchev–Trinajstić information content (AvgIpc) is 2.15. The number of amides is 2. The number of benzene rings is 1. The zero-order chi connectivity index (χ0) is 11.3. The first-order valence-electron chi connectivity index (χ1n) is 4.66. The molecule has 1 aromatic rings. The Labute approximate surface area is 88.3 Å². The van der Waals surface area contributed by atoms with Gasteiger partial charge in [-0.05, 0) is 25.1 Å². The molecule has 1 aromatic carbocycles. The van der Waals surface area contributed by atoms with Crippen molar-refractivity contribution in [1.82, 2.24) is 5.32 Å². The molecule has 1 rings (SSSR count). The third-order valence-electron chi connectivity index (χ3n) is 1.70. The molecule has 0 aliphatic heterocycles. The van der Waals surface area contributed by atoms with E-state index in [1.807, 2.05) is 0 Å². The lowest BCUT2D eigenvalue weighted by Gasteiger charge is -2.09. The number of nitrogens with two attached hydrogens (primary N) is 1. The number of rotatable bonds is 3. The van der Waals surface area contributed by atoms with Gasteiger partial charge in [0.15, 0.2) is 0 Å². The fraction of sp³-hybridized carbons (Fsp3) is 0.300. The number of anilines is 2. The van der Waals surface area contributed by atoms with Gasteiger partial charge in [0.1, 0.15) is 0 Å². The lowest BCUT2D eigenvalue weighted by Crippen LogP contribution is -2.34. The van der Waals surface area contributed by atoms with Gasteiger partial charge in [-0.25, -0.2) is 4.79 Å². The number of aliphatic hydroxyl groups is 1. The van der Waals surface area contributed by atoms with Crippen LogP contribution in [0.2, 0.25) is 0 Å². The highest BCUT2D eigenvalue weighted by Crippen LogP contribution is 2.11. The predicted octanol–water partition coefficient (Wildman–Crippen LogP) is 0.771. The van der Waals surface area contributed by atoms with E-state index in [0.717, 1.165) is 0 Å². The Morgan fingerprint density at radius 3 is 2.93 bits per heavy atom. The van der Waals surface area contributed by atoms with Crippen LogP contribution < -0.4 is 16.4 Å². The number of hydrogen-bond acceptors (Lipinski definition) is 3. The maximum Gasteiger partial charge on any atom is 0.319 e. The van der Waals surface area contributed by atoms with Crippen LogP contribution in [0.15, 0.2) is 24.3 Å². The van der Waals surface area contributed by atoms with Gasteiger partial charge in [-0.1, -0.05) is 6.07 Å². The molecule has 2 amide bonds. The van der Waals surface area contributed by atoms with Crippen LogP contribution in [0.25, 0.3) is 0 Å². The summed E-state index contributed by atoms with van der Waals surface area (Å²) in [6.07, 6.45) is -0.559. The Bertz CT molecular complexity index is 339. The van der Waals surface area contributed by atoms with Crippen LogP contribution in [0.5, 0.6) is 0 Å². The first-order chi connectivity index (χ1) is 7.08. The molecule has 0 saturated heterocycles. The van der Waals surface area contributed by atoms with Gasteiger partial charge in [-0.3, -0.25) is 0 Å². The quantitative estimate of drug-likeness (QED) is 0.554. The molecule has 0 bridgehead atoms. The summed E-state index contributed by atoms with van der Waals surface area (Å²) < 4.78 is 0. The van der Waals surface area contributed by atoms with Gasteiger partial charge in [-0.2, -0.15) is 0 Å². The number of carbonyl (C=O) groups is 1. The summed E-state index contributed by atoms with van der Waals surface area (Å²) >= 11 is 0. The first-order valence-corrected chi connectivity index (χ1v) is 4.66. The average molecular weight is 209 g/mol. The van der Waals surface area contributed by atoms with Gasteiger partial charge in [0.25, 0.3) is 0 Å². The minimum absolute atomic E-state index is 0.216. The lowest BCUT2D eigenvalue weighted by molar-refractivity contribution is 0.190. The zero-order valence-electron chi connectivity index (χ0n) is 8.53. The van der Waals surface area contributed by atoms with Crippen molar-refractivity contribution in [3.8, 4) is 0 Å². The second-order valence-electron chi connectivity index (χ2n) is 3.31. The number of hydrogen-bond donors (Lipinski definition) is 4. The largest absolute Gasteiger partial charge is 0.399 e. The molecule has 0 aliphatic carbocycles. The van der Waals surface area contributed by atoms with Crippen molar-refractivity contribution >= 4 is 17.4 Å². The molecule has 5 nitrogen and oxygen atoms in total. The normalized spacial score (nSPS) is 11.9. The molecular formula is C10H15N3O2. The number of carbonyl (C=O) groups excluding carboxylic acids is 1. The van der Waals surface area contributed by atoms with E-state index in [1.54, 1.807) is 31.2 Å². The Hall–Kier alpha value is -1.75. The van der Waals surface area contributed by atoms with Gasteiger partial charge in [-0.15, -0.1) is 0 Å². The van der Waals surface area contributed by atoms with Crippen LogP contribution in [-0.2, 0) is 0 Å². The summed E-state index contributed by atoms with van der Waals surface area (Å²) in [6, 6.07) is 6.51. The number of urea groups is 1. The summed E-state index contributed by atoms with van der Waals surface area (Å²) in [5, 5.41) is 14.1. The van der Waals surface area contributed by atoms with E-state index < -0.39 is 6.10 Å². The highest BCUT2D eigenvalue weighted by atomic mass is 16.3. The molecule has 0 radical (unpaired) electrons. The van der Waals surface area contributed by atoms with Gasteiger partial charge in [0, 0.05) is 17.9 Å². The summed E-state index contributed by atoms with van der Waals surface area (Å²) in [4.78, 5) is 11.3. The molecule has 82 valence electrons. The highest BCUT2D eigenvalue weighted by molar-refractivity contribution is 5.89. The topological polar surface area (TPSA) is 87.4 Å². The van der Waals surface area contributed by atoms with Crippen molar-refractivity contribution in [2.45, 2.75) is 13.0 Å². The fourth-order valence-corrected chi connectivity index (χ4v) is 1.03. The standard InChI is InChI=1S/C10H15N3O2/c1-7(14)6-12-10(15)13-9-4-2-3-8(11)5-9/h2-5,7,14H,6,11H2,1H3,(H2,12,13,15). The number of nitrogens with one attached hydrogen (secondary N) is 2. The SMILES string of the molecule is CC(O)CNC(=O)Nc1cccc(N)c1. The Balaban J connectivity index is 2.44. The molecule has 0 spiro atoms. The Kier molecular flexibility index (Phi) is 3.93. The number of aliphatic hydroxyl groups excluding tert-OH is 1. The Morgan fingerprint density at radius 2 is 2.33 bits per heavy atom. The number of nitrogen functional groups attached to an aromatic ring is 1. The summed E-state index contributed by atoms with van der Waals surface area (Å²) in [5.41, 5.74) is 6.75. The molecule has 0 heterocycles. The molecule has 0 aromatic heterocycles. The maximum atomic E-state index is 11.3. The fourth-order valence-electron chi connectivity index (χ4n) is 1.03. The molecule has 15 heavy (non-hydrogen) atoms. The van der Waals surface area contributed by atoms with Crippen LogP contribution in [0.4, 0.5) is 16.2 Å². The van der Waals surface area contributed by atoms with E-state index >= 15 is 0 Å². The molecule has 0 fully saturated rings. The molecule has 1 unspecified atom stereocenters. The van der Waals surface area contributed by atoms with Gasteiger partial charge in [0.05, 0.1) is 6.10 Å². The van der Waals surface area contributed by atoms with E-state index in [4.69, 9.17) is 10.8 Å². The van der Waals surface area contributed by atoms with Crippen LogP contribution in [0.1, 0.15) is 6.92 Å². The second-order valence-corrected chi connectivity index (χ2v) is 3.31. The third-order valence-corrected chi connectivity index (χ3v) is 1.70. The van der Waals surface area contributed by atoms with E-state index in [1.165, 1.54) is 0 Å². The Morgan fingerprint density at radius 1 is 1.60 bits per heavy atom. The second kappa shape index (κ2) is 5.21. The third kappa shape index (κ3) is 4.33. The van der Waals surface area contributed by atoms with Crippen molar-refractivity contribution < 1.29 is 9.90 Å². The van der Waals surface area contributed by atoms with Crippen molar-refractivity contribution in [1.29, 1.82) is 0 Å².